The molecule has 2 aliphatic rings. The van der Waals surface area contributed by atoms with Gasteiger partial charge in [0.15, 0.2) is 0 Å². The first kappa shape index (κ1) is 12.0. The van der Waals surface area contributed by atoms with Gasteiger partial charge in [-0.25, -0.2) is 0 Å². The molecule has 1 fully saturated rings. The van der Waals surface area contributed by atoms with Crippen LogP contribution in [-0.4, -0.2) is 0 Å². The van der Waals surface area contributed by atoms with E-state index in [1.54, 1.807) is 11.1 Å². The lowest BCUT2D eigenvalue weighted by Gasteiger charge is -2.22. The summed E-state index contributed by atoms with van der Waals surface area (Å²) in [6.07, 6.45) is 12.1. The van der Waals surface area contributed by atoms with E-state index in [1.165, 1.54) is 32.1 Å². The predicted molar refractivity (Wildman–Crippen MR) is 71.4 cm³/mol. The summed E-state index contributed by atoms with van der Waals surface area (Å²) < 4.78 is 0. The van der Waals surface area contributed by atoms with E-state index >= 15 is 0 Å². The highest BCUT2D eigenvalue weighted by Gasteiger charge is 2.42. The zero-order chi connectivity index (χ0) is 11.8. The molecule has 0 nitrogen and oxygen atoms in total. The summed E-state index contributed by atoms with van der Waals surface area (Å²) in [7, 11) is 0. The molecule has 0 aromatic heterocycles. The van der Waals surface area contributed by atoms with Crippen LogP contribution < -0.4 is 0 Å². The van der Waals surface area contributed by atoms with Crippen molar-refractivity contribution >= 4 is 0 Å². The lowest BCUT2D eigenvalue weighted by Crippen LogP contribution is -2.07. The van der Waals surface area contributed by atoms with Crippen LogP contribution in [0.3, 0.4) is 0 Å². The van der Waals surface area contributed by atoms with E-state index < -0.39 is 0 Å². The average Bonchev–Trinajstić information content (AvgIpc) is 2.96. The second-order valence-electron chi connectivity index (χ2n) is 6.44. The van der Waals surface area contributed by atoms with E-state index in [0.717, 1.165) is 5.41 Å². The minimum Gasteiger partial charge on any atom is -0.0808 e. The standard InChI is InChI=1S/C16H26/c1-12(2)15(13(3)4)11-14-5-7-16(8-6-14)9-10-16/h5,11-13H,6-10H2,1-4H3. The molecule has 0 heterocycles. The Kier molecular flexibility index (Phi) is 3.28. The molecule has 1 saturated carbocycles. The van der Waals surface area contributed by atoms with Crippen molar-refractivity contribution in [1.29, 1.82) is 0 Å². The molecule has 0 aromatic carbocycles. The van der Waals surface area contributed by atoms with Crippen LogP contribution in [0.2, 0.25) is 0 Å². The van der Waals surface area contributed by atoms with Crippen LogP contribution >= 0.6 is 0 Å². The van der Waals surface area contributed by atoms with Crippen molar-refractivity contribution in [3.63, 3.8) is 0 Å². The second kappa shape index (κ2) is 4.39. The monoisotopic (exact) mass is 218 g/mol. The number of hydrogen-bond donors (Lipinski definition) is 0. The predicted octanol–water partition coefficient (Wildman–Crippen LogP) is 5.12. The quantitative estimate of drug-likeness (QED) is 0.617. The van der Waals surface area contributed by atoms with E-state index in [0.29, 0.717) is 11.8 Å². The SMILES string of the molecule is CC(C)C(=CC1=CCC2(CC1)CC2)C(C)C. The van der Waals surface area contributed by atoms with Crippen LogP contribution in [0.25, 0.3) is 0 Å². The molecule has 0 saturated heterocycles. The van der Waals surface area contributed by atoms with Crippen molar-refractivity contribution in [2.75, 3.05) is 0 Å². The Labute approximate surface area is 101 Å². The highest BCUT2D eigenvalue weighted by atomic mass is 14.5. The van der Waals surface area contributed by atoms with Crippen molar-refractivity contribution in [1.82, 2.24) is 0 Å². The van der Waals surface area contributed by atoms with E-state index in [1.807, 2.05) is 0 Å². The molecule has 0 amide bonds. The number of hydrogen-bond acceptors (Lipinski definition) is 0. The van der Waals surface area contributed by atoms with Gasteiger partial charge in [0.2, 0.25) is 0 Å². The molecule has 90 valence electrons. The van der Waals surface area contributed by atoms with Gasteiger partial charge in [0.05, 0.1) is 0 Å². The summed E-state index contributed by atoms with van der Waals surface area (Å²) >= 11 is 0. The molecule has 0 unspecified atom stereocenters. The first-order valence-electron chi connectivity index (χ1n) is 6.93. The van der Waals surface area contributed by atoms with Crippen LogP contribution in [0.1, 0.15) is 59.8 Å². The van der Waals surface area contributed by atoms with Gasteiger partial charge in [-0.15, -0.1) is 0 Å². The van der Waals surface area contributed by atoms with Gasteiger partial charge in [0.25, 0.3) is 0 Å². The van der Waals surface area contributed by atoms with Crippen LogP contribution in [0, 0.1) is 17.3 Å². The maximum atomic E-state index is 2.52. The van der Waals surface area contributed by atoms with Gasteiger partial charge in [-0.1, -0.05) is 51.0 Å². The summed E-state index contributed by atoms with van der Waals surface area (Å²) in [5, 5.41) is 0. The maximum Gasteiger partial charge on any atom is -0.0254 e. The lowest BCUT2D eigenvalue weighted by atomic mass is 9.84. The highest BCUT2D eigenvalue weighted by Crippen LogP contribution is 2.55. The maximum absolute atomic E-state index is 2.52. The lowest BCUT2D eigenvalue weighted by molar-refractivity contribution is 0.452. The zero-order valence-corrected chi connectivity index (χ0v) is 11.3. The van der Waals surface area contributed by atoms with Crippen molar-refractivity contribution in [3.8, 4) is 0 Å². The van der Waals surface area contributed by atoms with Gasteiger partial charge >= 0.3 is 0 Å². The third kappa shape index (κ3) is 2.59. The molecule has 0 aromatic rings. The van der Waals surface area contributed by atoms with Crippen molar-refractivity contribution in [2.45, 2.75) is 59.8 Å². The smallest absolute Gasteiger partial charge is 0.0254 e. The molecule has 0 bridgehead atoms. The molecule has 2 aliphatic carbocycles. The fourth-order valence-corrected chi connectivity index (χ4v) is 2.94. The molecule has 0 aliphatic heterocycles. The topological polar surface area (TPSA) is 0 Å². The summed E-state index contributed by atoms with van der Waals surface area (Å²) in [6.45, 7) is 9.27. The number of allylic oxidation sites excluding steroid dienone is 4. The van der Waals surface area contributed by atoms with Crippen LogP contribution in [0.15, 0.2) is 23.3 Å². The minimum atomic E-state index is 0.692. The van der Waals surface area contributed by atoms with Gasteiger partial charge in [-0.05, 0) is 49.4 Å². The van der Waals surface area contributed by atoms with Crippen molar-refractivity contribution in [3.05, 3.63) is 23.3 Å². The van der Waals surface area contributed by atoms with Crippen LogP contribution in [0.4, 0.5) is 0 Å². The van der Waals surface area contributed by atoms with Crippen LogP contribution in [-0.2, 0) is 0 Å². The Morgan fingerprint density at radius 2 is 1.75 bits per heavy atom. The fraction of sp³-hybridized carbons (Fsp3) is 0.750. The molecule has 0 N–H and O–H groups in total. The fourth-order valence-electron chi connectivity index (χ4n) is 2.94. The largest absolute Gasteiger partial charge is 0.0808 e. The van der Waals surface area contributed by atoms with Gasteiger partial charge < -0.3 is 0 Å². The normalized spacial score (nSPS) is 22.5. The molecule has 0 heteroatoms. The summed E-state index contributed by atoms with van der Waals surface area (Å²) in [4.78, 5) is 0. The summed E-state index contributed by atoms with van der Waals surface area (Å²) in [6, 6.07) is 0. The Balaban J connectivity index is 2.07. The molecule has 0 atom stereocenters. The van der Waals surface area contributed by atoms with Gasteiger partial charge in [-0.2, -0.15) is 0 Å². The molecule has 0 radical (unpaired) electrons. The van der Waals surface area contributed by atoms with Crippen molar-refractivity contribution in [2.24, 2.45) is 17.3 Å². The number of rotatable bonds is 3. The zero-order valence-electron chi connectivity index (χ0n) is 11.3. The van der Waals surface area contributed by atoms with E-state index in [4.69, 9.17) is 0 Å². The molecule has 1 spiro atoms. The summed E-state index contributed by atoms with van der Waals surface area (Å²) in [5.74, 6) is 1.38. The summed E-state index contributed by atoms with van der Waals surface area (Å²) in [5.41, 5.74) is 4.00. The first-order valence-corrected chi connectivity index (χ1v) is 6.93. The second-order valence-corrected chi connectivity index (χ2v) is 6.44. The van der Waals surface area contributed by atoms with Crippen molar-refractivity contribution < 1.29 is 0 Å². The van der Waals surface area contributed by atoms with E-state index in [-0.39, 0.29) is 0 Å². The molecular weight excluding hydrogens is 192 g/mol. The van der Waals surface area contributed by atoms with E-state index in [2.05, 4.69) is 39.8 Å². The van der Waals surface area contributed by atoms with Crippen LogP contribution in [0.5, 0.6) is 0 Å². The van der Waals surface area contributed by atoms with Gasteiger partial charge in [-0.3, -0.25) is 0 Å². The molecule has 2 rings (SSSR count). The Bertz CT molecular complexity index is 301. The molecule has 16 heavy (non-hydrogen) atoms. The Hall–Kier alpha value is -0.520. The van der Waals surface area contributed by atoms with Gasteiger partial charge in [0, 0.05) is 0 Å². The Morgan fingerprint density at radius 1 is 1.12 bits per heavy atom. The average molecular weight is 218 g/mol. The highest BCUT2D eigenvalue weighted by molar-refractivity contribution is 5.29. The minimum absolute atomic E-state index is 0.692. The van der Waals surface area contributed by atoms with Gasteiger partial charge in [0.1, 0.15) is 0 Å². The Morgan fingerprint density at radius 3 is 2.12 bits per heavy atom. The third-order valence-electron chi connectivity index (χ3n) is 4.38. The third-order valence-corrected chi connectivity index (χ3v) is 4.38. The molecular formula is C16H26. The first-order chi connectivity index (χ1) is 7.52. The van der Waals surface area contributed by atoms with E-state index in [9.17, 15) is 0 Å².